The molecule has 6 heteroatoms. The quantitative estimate of drug-likeness (QED) is 0.510. The minimum absolute atomic E-state index is 0.0897. The van der Waals surface area contributed by atoms with Gasteiger partial charge in [0.15, 0.2) is 0 Å². The van der Waals surface area contributed by atoms with Crippen molar-refractivity contribution in [3.63, 3.8) is 0 Å². The van der Waals surface area contributed by atoms with Gasteiger partial charge in [-0.05, 0) is 67.6 Å². The molecule has 0 heterocycles. The number of benzene rings is 3. The van der Waals surface area contributed by atoms with Crippen LogP contribution in [0.5, 0.6) is 11.5 Å². The Kier molecular flexibility index (Phi) is 6.92. The van der Waals surface area contributed by atoms with Gasteiger partial charge in [0.05, 0.1) is 5.75 Å². The molecule has 0 bridgehead atoms. The third kappa shape index (κ3) is 6.69. The number of nitrogens with one attached hydrogen (secondary N) is 2. The summed E-state index contributed by atoms with van der Waals surface area (Å²) < 4.78 is 5.79. The first-order valence-electron chi connectivity index (χ1n) is 9.13. The van der Waals surface area contributed by atoms with E-state index in [1.54, 1.807) is 0 Å². The summed E-state index contributed by atoms with van der Waals surface area (Å²) in [4.78, 5) is 24.2. The highest BCUT2D eigenvalue weighted by molar-refractivity contribution is 8.00. The highest BCUT2D eigenvalue weighted by Crippen LogP contribution is 2.24. The van der Waals surface area contributed by atoms with Crippen molar-refractivity contribution in [2.75, 3.05) is 16.4 Å². The van der Waals surface area contributed by atoms with E-state index in [0.717, 1.165) is 16.3 Å². The fraction of sp³-hybridized carbons (Fsp3) is 0.130. The van der Waals surface area contributed by atoms with Crippen LogP contribution < -0.4 is 15.4 Å². The van der Waals surface area contributed by atoms with Gasteiger partial charge >= 0.3 is 0 Å². The average molecular weight is 407 g/mol. The first-order chi connectivity index (χ1) is 14.0. The molecular formula is C23H22N2O3S. The van der Waals surface area contributed by atoms with Crippen molar-refractivity contribution < 1.29 is 14.3 Å². The second-order valence-electron chi connectivity index (χ2n) is 6.48. The molecule has 0 radical (unpaired) electrons. The van der Waals surface area contributed by atoms with Crippen molar-refractivity contribution in [2.24, 2.45) is 0 Å². The Bertz CT molecular complexity index is 969. The van der Waals surface area contributed by atoms with Crippen molar-refractivity contribution in [2.45, 2.75) is 18.7 Å². The number of ether oxygens (including phenoxy) is 1. The van der Waals surface area contributed by atoms with E-state index in [1.807, 2.05) is 79.7 Å². The lowest BCUT2D eigenvalue weighted by molar-refractivity contribution is -0.114. The van der Waals surface area contributed by atoms with Crippen molar-refractivity contribution >= 4 is 35.0 Å². The first-order valence-corrected chi connectivity index (χ1v) is 10.1. The van der Waals surface area contributed by atoms with E-state index < -0.39 is 0 Å². The molecule has 3 aromatic carbocycles. The first kappa shape index (κ1) is 20.5. The van der Waals surface area contributed by atoms with Crippen LogP contribution in [0.4, 0.5) is 11.4 Å². The van der Waals surface area contributed by atoms with Gasteiger partial charge in [-0.1, -0.05) is 17.7 Å². The molecule has 0 saturated heterocycles. The topological polar surface area (TPSA) is 67.4 Å². The van der Waals surface area contributed by atoms with E-state index in [1.165, 1.54) is 24.2 Å². The van der Waals surface area contributed by atoms with Crippen LogP contribution in [0.1, 0.15) is 12.5 Å². The van der Waals surface area contributed by atoms with E-state index in [0.29, 0.717) is 17.2 Å². The Balaban J connectivity index is 1.47. The zero-order valence-electron chi connectivity index (χ0n) is 16.3. The fourth-order valence-corrected chi connectivity index (χ4v) is 3.23. The molecule has 0 aromatic heterocycles. The molecule has 3 aromatic rings. The Morgan fingerprint density at radius 3 is 1.90 bits per heavy atom. The maximum atomic E-state index is 12.2. The van der Waals surface area contributed by atoms with Gasteiger partial charge in [-0.25, -0.2) is 0 Å². The highest BCUT2D eigenvalue weighted by atomic mass is 32.2. The van der Waals surface area contributed by atoms with Gasteiger partial charge in [-0.2, -0.15) is 0 Å². The molecule has 0 aliphatic carbocycles. The van der Waals surface area contributed by atoms with Crippen LogP contribution in [0.3, 0.4) is 0 Å². The molecule has 0 aliphatic heterocycles. The minimum Gasteiger partial charge on any atom is -0.457 e. The van der Waals surface area contributed by atoms with Crippen molar-refractivity contribution in [1.82, 2.24) is 0 Å². The van der Waals surface area contributed by atoms with Gasteiger partial charge in [0, 0.05) is 23.2 Å². The van der Waals surface area contributed by atoms with Gasteiger partial charge in [0.1, 0.15) is 11.5 Å². The van der Waals surface area contributed by atoms with Crippen LogP contribution in [0, 0.1) is 6.92 Å². The SMILES string of the molecule is CC(=O)Nc1ccc(SCC(=O)Nc2ccc(Oc3ccc(C)cc3)cc2)cc1. The number of rotatable bonds is 7. The lowest BCUT2D eigenvalue weighted by Crippen LogP contribution is -2.13. The molecule has 3 rings (SSSR count). The largest absolute Gasteiger partial charge is 0.457 e. The summed E-state index contributed by atoms with van der Waals surface area (Å²) in [6.45, 7) is 3.49. The van der Waals surface area contributed by atoms with Gasteiger partial charge in [-0.15, -0.1) is 11.8 Å². The summed E-state index contributed by atoms with van der Waals surface area (Å²) in [5.41, 5.74) is 2.63. The number of carbonyl (C=O) groups is 2. The van der Waals surface area contributed by atoms with Gasteiger partial charge in [0.2, 0.25) is 11.8 Å². The Morgan fingerprint density at radius 2 is 1.31 bits per heavy atom. The van der Waals surface area contributed by atoms with Crippen LogP contribution in [-0.4, -0.2) is 17.6 Å². The molecule has 0 atom stereocenters. The third-order valence-corrected chi connectivity index (χ3v) is 4.95. The Hall–Kier alpha value is -3.25. The molecular weight excluding hydrogens is 384 g/mol. The second-order valence-corrected chi connectivity index (χ2v) is 7.53. The van der Waals surface area contributed by atoms with Gasteiger partial charge in [0.25, 0.3) is 0 Å². The number of hydrogen-bond donors (Lipinski definition) is 2. The predicted molar refractivity (Wildman–Crippen MR) is 118 cm³/mol. The molecule has 0 saturated carbocycles. The standard InChI is InChI=1S/C23H22N2O3S/c1-16-3-9-20(10-4-16)28-21-11-5-19(6-12-21)25-23(27)15-29-22-13-7-18(8-14-22)24-17(2)26/h3-14H,15H2,1-2H3,(H,24,26)(H,25,27). The van der Waals surface area contributed by atoms with E-state index in [2.05, 4.69) is 10.6 Å². The fourth-order valence-electron chi connectivity index (χ4n) is 2.53. The zero-order valence-corrected chi connectivity index (χ0v) is 17.1. The predicted octanol–water partition coefficient (Wildman–Crippen LogP) is 5.48. The molecule has 2 amide bonds. The third-order valence-electron chi connectivity index (χ3n) is 3.94. The van der Waals surface area contributed by atoms with E-state index in [-0.39, 0.29) is 11.8 Å². The number of aryl methyl sites for hydroxylation is 1. The van der Waals surface area contributed by atoms with E-state index in [4.69, 9.17) is 4.74 Å². The van der Waals surface area contributed by atoms with Crippen LogP contribution in [-0.2, 0) is 9.59 Å². The summed E-state index contributed by atoms with van der Waals surface area (Å²) in [5, 5.41) is 5.59. The van der Waals surface area contributed by atoms with E-state index in [9.17, 15) is 9.59 Å². The van der Waals surface area contributed by atoms with Crippen LogP contribution in [0.15, 0.2) is 77.7 Å². The van der Waals surface area contributed by atoms with Crippen LogP contribution in [0.2, 0.25) is 0 Å². The summed E-state index contributed by atoms with van der Waals surface area (Å²) in [5.74, 6) is 1.57. The average Bonchev–Trinajstić information content (AvgIpc) is 2.70. The molecule has 0 spiro atoms. The normalized spacial score (nSPS) is 10.3. The molecule has 148 valence electrons. The summed E-state index contributed by atoms with van der Waals surface area (Å²) in [6.07, 6.45) is 0. The van der Waals surface area contributed by atoms with Crippen molar-refractivity contribution in [3.05, 3.63) is 78.4 Å². The van der Waals surface area contributed by atoms with Crippen molar-refractivity contribution in [3.8, 4) is 11.5 Å². The van der Waals surface area contributed by atoms with Gasteiger partial charge in [-0.3, -0.25) is 9.59 Å². The number of hydrogen-bond acceptors (Lipinski definition) is 4. The lowest BCUT2D eigenvalue weighted by atomic mass is 10.2. The maximum Gasteiger partial charge on any atom is 0.234 e. The smallest absolute Gasteiger partial charge is 0.234 e. The van der Waals surface area contributed by atoms with Gasteiger partial charge < -0.3 is 15.4 Å². The molecule has 2 N–H and O–H groups in total. The summed E-state index contributed by atoms with van der Waals surface area (Å²) in [6, 6.07) is 22.5. The lowest BCUT2D eigenvalue weighted by Gasteiger charge is -2.09. The number of anilines is 2. The summed E-state index contributed by atoms with van der Waals surface area (Å²) in [7, 11) is 0. The molecule has 0 aliphatic rings. The molecule has 0 unspecified atom stereocenters. The Labute approximate surface area is 174 Å². The minimum atomic E-state index is -0.111. The Morgan fingerprint density at radius 1 is 0.793 bits per heavy atom. The number of thioether (sulfide) groups is 1. The molecule has 5 nitrogen and oxygen atoms in total. The number of amides is 2. The van der Waals surface area contributed by atoms with Crippen molar-refractivity contribution in [1.29, 1.82) is 0 Å². The van der Waals surface area contributed by atoms with Crippen LogP contribution >= 0.6 is 11.8 Å². The molecule has 0 fully saturated rings. The highest BCUT2D eigenvalue weighted by Gasteiger charge is 2.05. The second kappa shape index (κ2) is 9.80. The van der Waals surface area contributed by atoms with Crippen LogP contribution in [0.25, 0.3) is 0 Å². The monoisotopic (exact) mass is 406 g/mol. The molecule has 29 heavy (non-hydrogen) atoms. The number of carbonyl (C=O) groups excluding carboxylic acids is 2. The maximum absolute atomic E-state index is 12.2. The summed E-state index contributed by atoms with van der Waals surface area (Å²) >= 11 is 1.43. The van der Waals surface area contributed by atoms with E-state index >= 15 is 0 Å². The zero-order chi connectivity index (χ0) is 20.6.